The van der Waals surface area contributed by atoms with Gasteiger partial charge in [-0.1, -0.05) is 6.92 Å². The lowest BCUT2D eigenvalue weighted by atomic mass is 10.2. The van der Waals surface area contributed by atoms with E-state index < -0.39 is 24.4 Å². The van der Waals surface area contributed by atoms with Gasteiger partial charge in [0.15, 0.2) is 19.7 Å². The number of rotatable bonds is 7. The van der Waals surface area contributed by atoms with Crippen molar-refractivity contribution >= 4 is 19.7 Å². The van der Waals surface area contributed by atoms with Crippen LogP contribution in [0.4, 0.5) is 0 Å². The second kappa shape index (κ2) is 5.67. The van der Waals surface area contributed by atoms with Crippen LogP contribution in [0.3, 0.4) is 0 Å². The molecule has 0 aromatic heterocycles. The maximum Gasteiger partial charge on any atom is 0.153 e. The third-order valence-electron chi connectivity index (χ3n) is 2.82. The molecule has 7 heteroatoms. The molecule has 0 saturated carbocycles. The van der Waals surface area contributed by atoms with Crippen LogP contribution in [-0.2, 0) is 19.7 Å². The molecule has 0 aliphatic rings. The van der Waals surface area contributed by atoms with Gasteiger partial charge < -0.3 is 5.32 Å². The minimum atomic E-state index is -3.16. The molecule has 0 bridgehead atoms. The highest BCUT2D eigenvalue weighted by Gasteiger charge is 2.30. The molecule has 0 saturated heterocycles. The van der Waals surface area contributed by atoms with E-state index in [0.29, 0.717) is 0 Å². The highest BCUT2D eigenvalue weighted by Crippen LogP contribution is 2.13. The SMILES string of the molecule is CCS(=O)(=O)CC(C)NCC(C)(C)S(C)(=O)=O. The zero-order valence-electron chi connectivity index (χ0n) is 11.1. The molecule has 0 fully saturated rings. The lowest BCUT2D eigenvalue weighted by Gasteiger charge is -2.25. The van der Waals surface area contributed by atoms with Crippen LogP contribution in [-0.4, -0.2) is 51.9 Å². The number of hydrogen-bond acceptors (Lipinski definition) is 5. The summed E-state index contributed by atoms with van der Waals surface area (Å²) in [5.41, 5.74) is 0. The smallest absolute Gasteiger partial charge is 0.153 e. The van der Waals surface area contributed by atoms with Crippen LogP contribution >= 0.6 is 0 Å². The highest BCUT2D eigenvalue weighted by atomic mass is 32.2. The van der Waals surface area contributed by atoms with Crippen molar-refractivity contribution in [1.82, 2.24) is 5.32 Å². The zero-order valence-corrected chi connectivity index (χ0v) is 12.8. The van der Waals surface area contributed by atoms with Gasteiger partial charge in [-0.3, -0.25) is 0 Å². The largest absolute Gasteiger partial charge is 0.312 e. The maximum absolute atomic E-state index is 11.4. The lowest BCUT2D eigenvalue weighted by molar-refractivity contribution is 0.492. The van der Waals surface area contributed by atoms with Crippen LogP contribution in [0, 0.1) is 0 Å². The summed E-state index contributed by atoms with van der Waals surface area (Å²) < 4.78 is 44.8. The fourth-order valence-corrected chi connectivity index (χ4v) is 2.57. The van der Waals surface area contributed by atoms with E-state index in [0.717, 1.165) is 0 Å². The van der Waals surface area contributed by atoms with Crippen LogP contribution in [0.1, 0.15) is 27.7 Å². The Morgan fingerprint density at radius 3 is 2.00 bits per heavy atom. The Labute approximate surface area is 105 Å². The molecule has 0 radical (unpaired) electrons. The average Bonchev–Trinajstić information content (AvgIpc) is 2.12. The molecule has 5 nitrogen and oxygen atoms in total. The molecule has 0 amide bonds. The molecule has 0 spiro atoms. The van der Waals surface area contributed by atoms with Crippen LogP contribution in [0.15, 0.2) is 0 Å². The maximum atomic E-state index is 11.4. The topological polar surface area (TPSA) is 80.3 Å². The van der Waals surface area contributed by atoms with Crippen LogP contribution < -0.4 is 5.32 Å². The summed E-state index contributed by atoms with van der Waals surface area (Å²) in [4.78, 5) is 0. The van der Waals surface area contributed by atoms with E-state index in [-0.39, 0.29) is 24.1 Å². The Balaban J connectivity index is 4.42. The molecule has 0 rings (SSSR count). The van der Waals surface area contributed by atoms with E-state index in [2.05, 4.69) is 5.32 Å². The zero-order chi connectivity index (χ0) is 13.9. The second-order valence-electron chi connectivity index (χ2n) is 5.01. The molecule has 0 heterocycles. The van der Waals surface area contributed by atoms with Gasteiger partial charge in [-0.2, -0.15) is 0 Å². The highest BCUT2D eigenvalue weighted by molar-refractivity contribution is 7.92. The predicted octanol–water partition coefficient (Wildman–Crippen LogP) is 0.222. The summed E-state index contributed by atoms with van der Waals surface area (Å²) in [6.07, 6.45) is 1.18. The van der Waals surface area contributed by atoms with E-state index >= 15 is 0 Å². The number of sulfone groups is 2. The molecule has 0 aromatic rings. The Bertz CT molecular complexity index is 437. The van der Waals surface area contributed by atoms with E-state index in [9.17, 15) is 16.8 Å². The summed E-state index contributed by atoms with van der Waals surface area (Å²) in [5, 5.41) is 2.96. The third kappa shape index (κ3) is 5.83. The van der Waals surface area contributed by atoms with Gasteiger partial charge in [0.1, 0.15) is 0 Å². The first-order valence-electron chi connectivity index (χ1n) is 5.54. The monoisotopic (exact) mass is 285 g/mol. The fourth-order valence-electron chi connectivity index (χ4n) is 1.11. The van der Waals surface area contributed by atoms with Gasteiger partial charge in [-0.15, -0.1) is 0 Å². The van der Waals surface area contributed by atoms with Gasteiger partial charge >= 0.3 is 0 Å². The van der Waals surface area contributed by atoms with Crippen molar-refractivity contribution in [2.45, 2.75) is 38.5 Å². The summed E-state index contributed by atoms with van der Waals surface area (Å²) in [6.45, 7) is 6.83. The molecule has 1 atom stereocenters. The van der Waals surface area contributed by atoms with E-state index in [1.54, 1.807) is 27.7 Å². The van der Waals surface area contributed by atoms with Gasteiger partial charge in [0, 0.05) is 24.6 Å². The molecule has 0 aliphatic carbocycles. The minimum Gasteiger partial charge on any atom is -0.312 e. The summed E-state index contributed by atoms with van der Waals surface area (Å²) in [7, 11) is -6.19. The molecule has 0 aromatic carbocycles. The molecule has 17 heavy (non-hydrogen) atoms. The van der Waals surface area contributed by atoms with Gasteiger partial charge in [-0.05, 0) is 20.8 Å². The predicted molar refractivity (Wildman–Crippen MR) is 70.7 cm³/mol. The first-order chi connectivity index (χ1) is 7.41. The molecule has 104 valence electrons. The first kappa shape index (κ1) is 16.9. The number of hydrogen-bond donors (Lipinski definition) is 1. The molecule has 0 aliphatic heterocycles. The van der Waals surface area contributed by atoms with Crippen molar-refractivity contribution in [1.29, 1.82) is 0 Å². The first-order valence-corrected chi connectivity index (χ1v) is 9.26. The second-order valence-corrected chi connectivity index (χ2v) is 10.1. The Morgan fingerprint density at radius 2 is 1.65 bits per heavy atom. The van der Waals surface area contributed by atoms with Gasteiger partial charge in [0.05, 0.1) is 10.5 Å². The van der Waals surface area contributed by atoms with Gasteiger partial charge in [0.25, 0.3) is 0 Å². The van der Waals surface area contributed by atoms with Crippen molar-refractivity contribution in [3.8, 4) is 0 Å². The van der Waals surface area contributed by atoms with Crippen molar-refractivity contribution in [2.24, 2.45) is 0 Å². The molecular weight excluding hydrogens is 262 g/mol. The number of nitrogens with one attached hydrogen (secondary N) is 1. The van der Waals surface area contributed by atoms with Crippen molar-refractivity contribution < 1.29 is 16.8 Å². The van der Waals surface area contributed by atoms with E-state index in [4.69, 9.17) is 0 Å². The quantitative estimate of drug-likeness (QED) is 0.724. The van der Waals surface area contributed by atoms with Crippen molar-refractivity contribution in [3.05, 3.63) is 0 Å². The van der Waals surface area contributed by atoms with Gasteiger partial charge in [0.2, 0.25) is 0 Å². The fraction of sp³-hybridized carbons (Fsp3) is 1.00. The summed E-state index contributed by atoms with van der Waals surface area (Å²) in [6, 6.07) is -0.249. The van der Waals surface area contributed by atoms with Crippen molar-refractivity contribution in [3.63, 3.8) is 0 Å². The minimum absolute atomic E-state index is 0.0311. The van der Waals surface area contributed by atoms with Crippen LogP contribution in [0.2, 0.25) is 0 Å². The van der Waals surface area contributed by atoms with E-state index in [1.165, 1.54) is 6.26 Å². The lowest BCUT2D eigenvalue weighted by Crippen LogP contribution is -2.46. The van der Waals surface area contributed by atoms with Gasteiger partial charge in [-0.25, -0.2) is 16.8 Å². The molecular formula is C10H23NO4S2. The van der Waals surface area contributed by atoms with Crippen LogP contribution in [0.5, 0.6) is 0 Å². The van der Waals surface area contributed by atoms with E-state index in [1.807, 2.05) is 0 Å². The Kier molecular flexibility index (Phi) is 5.62. The molecule has 1 unspecified atom stereocenters. The summed E-state index contributed by atoms with van der Waals surface area (Å²) in [5.74, 6) is 0.137. The third-order valence-corrected chi connectivity index (χ3v) is 6.86. The van der Waals surface area contributed by atoms with Crippen molar-refractivity contribution in [2.75, 3.05) is 24.3 Å². The van der Waals surface area contributed by atoms with Crippen LogP contribution in [0.25, 0.3) is 0 Å². The Hall–Kier alpha value is -0.140. The normalized spacial score (nSPS) is 15.8. The standard InChI is InChI=1S/C10H23NO4S2/c1-6-17(14,15)7-9(2)11-8-10(3,4)16(5,12)13/h9,11H,6-8H2,1-5H3. The molecule has 1 N–H and O–H groups in total. The average molecular weight is 285 g/mol. The Morgan fingerprint density at radius 1 is 1.18 bits per heavy atom. The summed E-state index contributed by atoms with van der Waals surface area (Å²) >= 11 is 0.